The van der Waals surface area contributed by atoms with Crippen LogP contribution in [0.2, 0.25) is 0 Å². The lowest BCUT2D eigenvalue weighted by molar-refractivity contribution is -0.124. The number of hydrogen-bond donors (Lipinski definition) is 1. The second-order valence-electron chi connectivity index (χ2n) is 4.43. The summed E-state index contributed by atoms with van der Waals surface area (Å²) >= 11 is 0. The van der Waals surface area contributed by atoms with Crippen molar-refractivity contribution in [2.75, 3.05) is 20.3 Å². The summed E-state index contributed by atoms with van der Waals surface area (Å²) in [6.07, 6.45) is 0.855. The maximum atomic E-state index is 11.1. The summed E-state index contributed by atoms with van der Waals surface area (Å²) in [5, 5.41) is 2.81. The molecule has 3 nitrogen and oxygen atoms in total. The average molecular weight is 235 g/mol. The van der Waals surface area contributed by atoms with Crippen molar-refractivity contribution in [1.82, 2.24) is 5.32 Å². The highest BCUT2D eigenvalue weighted by molar-refractivity contribution is 5.77. The van der Waals surface area contributed by atoms with Crippen LogP contribution in [-0.4, -0.2) is 26.2 Å². The zero-order valence-corrected chi connectivity index (χ0v) is 10.8. The van der Waals surface area contributed by atoms with Gasteiger partial charge in [-0.3, -0.25) is 4.79 Å². The number of nitrogens with one attached hydrogen (secondary N) is 1. The highest BCUT2D eigenvalue weighted by atomic mass is 16.5. The van der Waals surface area contributed by atoms with E-state index in [1.54, 1.807) is 0 Å². The summed E-state index contributed by atoms with van der Waals surface area (Å²) in [6, 6.07) is 8.55. The molecule has 1 amide bonds. The summed E-state index contributed by atoms with van der Waals surface area (Å²) in [7, 11) is 1.52. The molecule has 1 N–H and O–H groups in total. The molecule has 0 spiro atoms. The van der Waals surface area contributed by atoms with Crippen molar-refractivity contribution in [1.29, 1.82) is 0 Å². The van der Waals surface area contributed by atoms with E-state index < -0.39 is 0 Å². The van der Waals surface area contributed by atoms with Crippen LogP contribution in [0.1, 0.15) is 30.9 Å². The monoisotopic (exact) mass is 235 g/mol. The Morgan fingerprint density at radius 2 is 1.94 bits per heavy atom. The van der Waals surface area contributed by atoms with Gasteiger partial charge in [0.25, 0.3) is 0 Å². The molecule has 0 saturated carbocycles. The summed E-state index contributed by atoms with van der Waals surface area (Å²) in [4.78, 5) is 11.1. The maximum Gasteiger partial charge on any atom is 0.245 e. The molecule has 0 aliphatic heterocycles. The average Bonchev–Trinajstić information content (AvgIpc) is 2.30. The number of methoxy groups -OCH3 is 1. The number of ether oxygens (including phenoxy) is 1. The first kappa shape index (κ1) is 13.7. The van der Waals surface area contributed by atoms with Gasteiger partial charge in [-0.25, -0.2) is 0 Å². The molecule has 1 aromatic carbocycles. The molecule has 0 aliphatic rings. The largest absolute Gasteiger partial charge is 0.375 e. The van der Waals surface area contributed by atoms with Gasteiger partial charge >= 0.3 is 0 Å². The van der Waals surface area contributed by atoms with Gasteiger partial charge in [-0.2, -0.15) is 0 Å². The molecule has 0 aliphatic carbocycles. The number of amides is 1. The predicted octanol–water partition coefficient (Wildman–Crippen LogP) is 2.12. The molecule has 0 saturated heterocycles. The summed E-state index contributed by atoms with van der Waals surface area (Å²) < 4.78 is 4.74. The van der Waals surface area contributed by atoms with Gasteiger partial charge in [-0.1, -0.05) is 38.1 Å². The standard InChI is InChI=1S/C14H21NO2/c1-11(2)13-6-4-12(5-7-13)8-9-15-14(16)10-17-3/h4-7,11H,8-10H2,1-3H3,(H,15,16). The van der Waals surface area contributed by atoms with Crippen LogP contribution in [0.5, 0.6) is 0 Å². The highest BCUT2D eigenvalue weighted by Gasteiger charge is 2.01. The minimum Gasteiger partial charge on any atom is -0.375 e. The van der Waals surface area contributed by atoms with E-state index in [-0.39, 0.29) is 12.5 Å². The quantitative estimate of drug-likeness (QED) is 0.820. The molecule has 1 rings (SSSR count). The van der Waals surface area contributed by atoms with E-state index in [1.807, 2.05) is 0 Å². The number of benzene rings is 1. The van der Waals surface area contributed by atoms with Crippen molar-refractivity contribution in [3.63, 3.8) is 0 Å². The second kappa shape index (κ2) is 7.07. The van der Waals surface area contributed by atoms with Crippen LogP contribution in [0.4, 0.5) is 0 Å². The van der Waals surface area contributed by atoms with E-state index in [0.717, 1.165) is 6.42 Å². The maximum absolute atomic E-state index is 11.1. The van der Waals surface area contributed by atoms with Crippen LogP contribution in [0.25, 0.3) is 0 Å². The van der Waals surface area contributed by atoms with E-state index in [9.17, 15) is 4.79 Å². The third-order valence-electron chi connectivity index (χ3n) is 2.66. The smallest absolute Gasteiger partial charge is 0.245 e. The van der Waals surface area contributed by atoms with E-state index in [4.69, 9.17) is 4.74 Å². The molecule has 0 unspecified atom stereocenters. The lowest BCUT2D eigenvalue weighted by Crippen LogP contribution is -2.28. The van der Waals surface area contributed by atoms with E-state index >= 15 is 0 Å². The first-order chi connectivity index (χ1) is 8.13. The van der Waals surface area contributed by atoms with Crippen molar-refractivity contribution in [3.8, 4) is 0 Å². The zero-order chi connectivity index (χ0) is 12.7. The Morgan fingerprint density at radius 1 is 1.29 bits per heavy atom. The van der Waals surface area contributed by atoms with Crippen molar-refractivity contribution in [2.24, 2.45) is 0 Å². The van der Waals surface area contributed by atoms with E-state index in [0.29, 0.717) is 12.5 Å². The Bertz CT molecular complexity index is 344. The fraction of sp³-hybridized carbons (Fsp3) is 0.500. The molecular formula is C14H21NO2. The topological polar surface area (TPSA) is 38.3 Å². The number of rotatable bonds is 6. The Hall–Kier alpha value is -1.35. The number of carbonyl (C=O) groups excluding carboxylic acids is 1. The van der Waals surface area contributed by atoms with E-state index in [1.165, 1.54) is 18.2 Å². The van der Waals surface area contributed by atoms with Gasteiger partial charge in [-0.15, -0.1) is 0 Å². The van der Waals surface area contributed by atoms with Gasteiger partial charge in [0.05, 0.1) is 0 Å². The normalized spacial score (nSPS) is 10.6. The van der Waals surface area contributed by atoms with Gasteiger partial charge in [0.1, 0.15) is 6.61 Å². The minimum atomic E-state index is -0.0636. The third-order valence-corrected chi connectivity index (χ3v) is 2.66. The van der Waals surface area contributed by atoms with Gasteiger partial charge in [0.2, 0.25) is 5.91 Å². The Labute approximate surface area is 103 Å². The Morgan fingerprint density at radius 3 is 2.47 bits per heavy atom. The summed E-state index contributed by atoms with van der Waals surface area (Å²) in [5.41, 5.74) is 2.59. The molecule has 0 atom stereocenters. The lowest BCUT2D eigenvalue weighted by atomic mass is 10.0. The van der Waals surface area contributed by atoms with Crippen molar-refractivity contribution >= 4 is 5.91 Å². The van der Waals surface area contributed by atoms with Crippen LogP contribution in [0.3, 0.4) is 0 Å². The SMILES string of the molecule is COCC(=O)NCCc1ccc(C(C)C)cc1. The first-order valence-electron chi connectivity index (χ1n) is 5.98. The Kier molecular flexibility index (Phi) is 5.70. The van der Waals surface area contributed by atoms with Gasteiger partial charge in [0.15, 0.2) is 0 Å². The molecule has 0 aromatic heterocycles. The van der Waals surface area contributed by atoms with Gasteiger partial charge in [0, 0.05) is 13.7 Å². The molecule has 3 heteroatoms. The van der Waals surface area contributed by atoms with Crippen molar-refractivity contribution in [2.45, 2.75) is 26.2 Å². The van der Waals surface area contributed by atoms with Crippen LogP contribution >= 0.6 is 0 Å². The van der Waals surface area contributed by atoms with Crippen LogP contribution in [-0.2, 0) is 16.0 Å². The fourth-order valence-corrected chi connectivity index (χ4v) is 1.60. The molecule has 17 heavy (non-hydrogen) atoms. The number of hydrogen-bond acceptors (Lipinski definition) is 2. The minimum absolute atomic E-state index is 0.0636. The van der Waals surface area contributed by atoms with Crippen LogP contribution in [0.15, 0.2) is 24.3 Å². The van der Waals surface area contributed by atoms with Crippen molar-refractivity contribution < 1.29 is 9.53 Å². The molecular weight excluding hydrogens is 214 g/mol. The van der Waals surface area contributed by atoms with E-state index in [2.05, 4.69) is 43.4 Å². The second-order valence-corrected chi connectivity index (χ2v) is 4.43. The first-order valence-corrected chi connectivity index (χ1v) is 5.98. The molecule has 0 fully saturated rings. The molecule has 1 aromatic rings. The Balaban J connectivity index is 2.35. The lowest BCUT2D eigenvalue weighted by Gasteiger charge is -2.07. The van der Waals surface area contributed by atoms with Gasteiger partial charge < -0.3 is 10.1 Å². The zero-order valence-electron chi connectivity index (χ0n) is 10.8. The molecule has 0 bridgehead atoms. The fourth-order valence-electron chi connectivity index (χ4n) is 1.60. The number of carbonyl (C=O) groups is 1. The molecule has 0 heterocycles. The van der Waals surface area contributed by atoms with Crippen LogP contribution in [0, 0.1) is 0 Å². The van der Waals surface area contributed by atoms with Gasteiger partial charge in [-0.05, 0) is 23.5 Å². The summed E-state index contributed by atoms with van der Waals surface area (Å²) in [6.45, 7) is 5.15. The molecule has 94 valence electrons. The highest BCUT2D eigenvalue weighted by Crippen LogP contribution is 2.14. The predicted molar refractivity (Wildman–Crippen MR) is 69.1 cm³/mol. The third kappa shape index (κ3) is 5.00. The van der Waals surface area contributed by atoms with Crippen LogP contribution < -0.4 is 5.32 Å². The summed E-state index contributed by atoms with van der Waals surface area (Å²) in [5.74, 6) is 0.497. The van der Waals surface area contributed by atoms with Crippen molar-refractivity contribution in [3.05, 3.63) is 35.4 Å². The molecule has 0 radical (unpaired) electrons.